The highest BCUT2D eigenvalue weighted by Crippen LogP contribution is 2.44. The second kappa shape index (κ2) is 7.91. The summed E-state index contributed by atoms with van der Waals surface area (Å²) in [6.45, 7) is 7.66. The predicted octanol–water partition coefficient (Wildman–Crippen LogP) is 5.25. The minimum atomic E-state index is -0.768. The van der Waals surface area contributed by atoms with Crippen LogP contribution in [0.2, 0.25) is 5.02 Å². The third-order valence-electron chi connectivity index (χ3n) is 4.72. The molecule has 1 N–H and O–H groups in total. The van der Waals surface area contributed by atoms with E-state index in [1.807, 2.05) is 19.1 Å². The lowest BCUT2D eigenvalue weighted by atomic mass is 9.82. The number of Topliss-reactive ketones (excluding diaryl/α,β-unsaturated/α-hetero) is 1. The molecular weight excluding hydrogens is 390 g/mol. The van der Waals surface area contributed by atoms with Gasteiger partial charge in [-0.2, -0.15) is 0 Å². The zero-order valence-electron chi connectivity index (χ0n) is 16.9. The third-order valence-corrected chi connectivity index (χ3v) is 4.98. The average Bonchev–Trinajstić information content (AvgIpc) is 2.93. The smallest absolute Gasteiger partial charge is 0.294 e. The van der Waals surface area contributed by atoms with E-state index in [1.165, 1.54) is 4.90 Å². The molecule has 2 aromatic rings. The number of anilines is 1. The van der Waals surface area contributed by atoms with Gasteiger partial charge in [0.2, 0.25) is 0 Å². The number of nitrogens with zero attached hydrogens (tertiary/aromatic N) is 1. The maximum Gasteiger partial charge on any atom is 0.294 e. The van der Waals surface area contributed by atoms with E-state index in [2.05, 4.69) is 0 Å². The first-order valence-corrected chi connectivity index (χ1v) is 9.82. The number of carbonyl (C=O) groups excluding carboxylic acids is 2. The molecule has 29 heavy (non-hydrogen) atoms. The largest absolute Gasteiger partial charge is 0.503 e. The number of ether oxygens (including phenoxy) is 1. The quantitative estimate of drug-likeness (QED) is 0.726. The van der Waals surface area contributed by atoms with E-state index < -0.39 is 23.1 Å². The van der Waals surface area contributed by atoms with Gasteiger partial charge in [-0.05, 0) is 48.9 Å². The summed E-state index contributed by atoms with van der Waals surface area (Å²) < 4.78 is 5.60. The molecule has 0 fully saturated rings. The zero-order chi connectivity index (χ0) is 21.3. The number of hydrogen-bond donors (Lipinski definition) is 1. The van der Waals surface area contributed by atoms with E-state index in [9.17, 15) is 14.7 Å². The molecule has 1 heterocycles. The Labute approximate surface area is 175 Å². The molecule has 0 aromatic heterocycles. The summed E-state index contributed by atoms with van der Waals surface area (Å²) in [4.78, 5) is 27.7. The number of hydrogen-bond acceptors (Lipinski definition) is 4. The van der Waals surface area contributed by atoms with E-state index >= 15 is 0 Å². The van der Waals surface area contributed by atoms with Crippen molar-refractivity contribution in [3.05, 3.63) is 70.4 Å². The number of amides is 1. The van der Waals surface area contributed by atoms with Gasteiger partial charge in [0.1, 0.15) is 5.75 Å². The molecule has 5 nitrogen and oxygen atoms in total. The number of carbonyl (C=O) groups is 2. The maximum absolute atomic E-state index is 13.2. The number of ketones is 1. The van der Waals surface area contributed by atoms with Crippen LogP contribution in [0.5, 0.6) is 5.75 Å². The maximum atomic E-state index is 13.2. The molecule has 2 aromatic carbocycles. The van der Waals surface area contributed by atoms with Crippen LogP contribution >= 0.6 is 11.6 Å². The van der Waals surface area contributed by atoms with Crippen LogP contribution in [-0.4, -0.2) is 23.4 Å². The van der Waals surface area contributed by atoms with Crippen molar-refractivity contribution in [2.75, 3.05) is 11.5 Å². The molecule has 1 unspecified atom stereocenters. The van der Waals surface area contributed by atoms with Gasteiger partial charge in [-0.25, -0.2) is 0 Å². The van der Waals surface area contributed by atoms with Gasteiger partial charge >= 0.3 is 0 Å². The van der Waals surface area contributed by atoms with Gasteiger partial charge in [-0.1, -0.05) is 44.5 Å². The minimum Gasteiger partial charge on any atom is -0.503 e. The molecule has 1 amide bonds. The Morgan fingerprint density at radius 2 is 1.83 bits per heavy atom. The molecular formula is C23H24ClNO4. The second-order valence-electron chi connectivity index (χ2n) is 7.90. The summed E-state index contributed by atoms with van der Waals surface area (Å²) in [5.41, 5.74) is 0.534. The predicted molar refractivity (Wildman–Crippen MR) is 113 cm³/mol. The fourth-order valence-electron chi connectivity index (χ4n) is 3.37. The highest BCUT2D eigenvalue weighted by molar-refractivity contribution is 6.30. The number of halogens is 1. The molecule has 0 bridgehead atoms. The third kappa shape index (κ3) is 4.01. The van der Waals surface area contributed by atoms with Gasteiger partial charge < -0.3 is 9.84 Å². The molecule has 0 aliphatic carbocycles. The van der Waals surface area contributed by atoms with E-state index in [4.69, 9.17) is 16.3 Å². The highest BCUT2D eigenvalue weighted by Gasteiger charge is 2.46. The lowest BCUT2D eigenvalue weighted by Gasteiger charge is -2.29. The Hall–Kier alpha value is -2.79. The monoisotopic (exact) mass is 413 g/mol. The van der Waals surface area contributed by atoms with Gasteiger partial charge in [-0.15, -0.1) is 0 Å². The van der Waals surface area contributed by atoms with Gasteiger partial charge in [0.05, 0.1) is 18.2 Å². The molecule has 6 heteroatoms. The topological polar surface area (TPSA) is 66.8 Å². The Morgan fingerprint density at radius 1 is 1.17 bits per heavy atom. The summed E-state index contributed by atoms with van der Waals surface area (Å²) in [6, 6.07) is 13.2. The Balaban J connectivity index is 2.19. The second-order valence-corrected chi connectivity index (χ2v) is 8.34. The standard InChI is InChI=1S/C23H24ClNO4/c1-5-29-17-8-6-7-14(13-17)19-18(21(27)23(2,3)4)20(26)22(28)25(19)16-11-9-15(24)10-12-16/h6-13,19,26H,5H2,1-4H3. The van der Waals surface area contributed by atoms with Crippen molar-refractivity contribution < 1.29 is 19.4 Å². The van der Waals surface area contributed by atoms with Gasteiger partial charge in [0.15, 0.2) is 11.5 Å². The van der Waals surface area contributed by atoms with E-state index in [0.717, 1.165) is 0 Å². The van der Waals surface area contributed by atoms with Crippen LogP contribution in [0.4, 0.5) is 5.69 Å². The molecule has 0 saturated heterocycles. The van der Waals surface area contributed by atoms with Crippen LogP contribution < -0.4 is 9.64 Å². The van der Waals surface area contributed by atoms with Crippen LogP contribution in [0.25, 0.3) is 0 Å². The van der Waals surface area contributed by atoms with Crippen LogP contribution in [0.3, 0.4) is 0 Å². The van der Waals surface area contributed by atoms with Crippen molar-refractivity contribution in [2.45, 2.75) is 33.7 Å². The molecule has 152 valence electrons. The van der Waals surface area contributed by atoms with Crippen LogP contribution in [-0.2, 0) is 9.59 Å². The van der Waals surface area contributed by atoms with E-state index in [0.29, 0.717) is 28.6 Å². The molecule has 1 aliphatic rings. The first kappa shape index (κ1) is 20.9. The Morgan fingerprint density at radius 3 is 2.41 bits per heavy atom. The number of rotatable bonds is 5. The summed E-state index contributed by atoms with van der Waals surface area (Å²) in [5, 5.41) is 11.2. The van der Waals surface area contributed by atoms with E-state index in [1.54, 1.807) is 57.2 Å². The summed E-state index contributed by atoms with van der Waals surface area (Å²) >= 11 is 6.00. The van der Waals surface area contributed by atoms with Crippen molar-refractivity contribution >= 4 is 29.0 Å². The number of aliphatic hydroxyl groups is 1. The van der Waals surface area contributed by atoms with Crippen molar-refractivity contribution in [2.24, 2.45) is 5.41 Å². The van der Waals surface area contributed by atoms with Crippen LogP contribution in [0, 0.1) is 5.41 Å². The summed E-state index contributed by atoms with van der Waals surface area (Å²) in [5.74, 6) is -0.799. The normalized spacial score (nSPS) is 17.1. The van der Waals surface area contributed by atoms with Crippen molar-refractivity contribution in [3.63, 3.8) is 0 Å². The molecule has 1 aliphatic heterocycles. The Bertz CT molecular complexity index is 973. The number of benzene rings is 2. The van der Waals surface area contributed by atoms with Crippen LogP contribution in [0.1, 0.15) is 39.3 Å². The van der Waals surface area contributed by atoms with Crippen LogP contribution in [0.15, 0.2) is 59.9 Å². The van der Waals surface area contributed by atoms with Crippen molar-refractivity contribution in [1.82, 2.24) is 0 Å². The number of aliphatic hydroxyl groups excluding tert-OH is 1. The fraction of sp³-hybridized carbons (Fsp3) is 0.304. The van der Waals surface area contributed by atoms with E-state index in [-0.39, 0.29) is 11.4 Å². The lowest BCUT2D eigenvalue weighted by Crippen LogP contribution is -2.32. The molecule has 3 rings (SSSR count). The first-order chi connectivity index (χ1) is 13.6. The minimum absolute atomic E-state index is 0.0890. The highest BCUT2D eigenvalue weighted by atomic mass is 35.5. The molecule has 1 atom stereocenters. The zero-order valence-corrected chi connectivity index (χ0v) is 17.7. The molecule has 0 spiro atoms. The Kier molecular flexibility index (Phi) is 5.71. The molecule has 0 radical (unpaired) electrons. The van der Waals surface area contributed by atoms with Gasteiger partial charge in [0.25, 0.3) is 5.91 Å². The average molecular weight is 414 g/mol. The fourth-order valence-corrected chi connectivity index (χ4v) is 3.49. The van der Waals surface area contributed by atoms with Gasteiger partial charge in [-0.3, -0.25) is 14.5 Å². The summed E-state index contributed by atoms with van der Waals surface area (Å²) in [7, 11) is 0. The SMILES string of the molecule is CCOc1cccc(C2C(C(=O)C(C)(C)C)=C(O)C(=O)N2c2ccc(Cl)cc2)c1. The van der Waals surface area contributed by atoms with Crippen molar-refractivity contribution in [1.29, 1.82) is 0 Å². The summed E-state index contributed by atoms with van der Waals surface area (Å²) in [6.07, 6.45) is 0. The van der Waals surface area contributed by atoms with Gasteiger partial charge in [0, 0.05) is 16.1 Å². The lowest BCUT2D eigenvalue weighted by molar-refractivity contribution is -0.123. The molecule has 0 saturated carbocycles. The van der Waals surface area contributed by atoms with Crippen molar-refractivity contribution in [3.8, 4) is 5.75 Å². The first-order valence-electron chi connectivity index (χ1n) is 9.45.